The third kappa shape index (κ3) is 5.61. The lowest BCUT2D eigenvalue weighted by molar-refractivity contribution is 0.0968. The monoisotopic (exact) mass is 314 g/mol. The van der Waals surface area contributed by atoms with Gasteiger partial charge in [-0.3, -0.25) is 9.88 Å². The third-order valence-corrected chi connectivity index (χ3v) is 3.67. The number of nitrogens with zero attached hydrogens (tertiary/aromatic N) is 2. The van der Waals surface area contributed by atoms with Gasteiger partial charge in [-0.25, -0.2) is 8.78 Å². The second kappa shape index (κ2) is 9.85. The van der Waals surface area contributed by atoms with Crippen LogP contribution in [0.3, 0.4) is 0 Å². The zero-order valence-electron chi connectivity index (χ0n) is 14.1. The van der Waals surface area contributed by atoms with Crippen molar-refractivity contribution in [2.45, 2.75) is 52.5 Å². The molecule has 126 valence electrons. The summed E-state index contributed by atoms with van der Waals surface area (Å²) in [6, 6.07) is 4.13. The van der Waals surface area contributed by atoms with Crippen LogP contribution in [0.1, 0.15) is 50.1 Å². The van der Waals surface area contributed by atoms with Crippen molar-refractivity contribution in [2.75, 3.05) is 26.8 Å². The Balaban J connectivity index is 0.00000116. The number of rotatable bonds is 6. The molecule has 22 heavy (non-hydrogen) atoms. The minimum Gasteiger partial charge on any atom is -0.381 e. The van der Waals surface area contributed by atoms with Crippen LogP contribution in [0.2, 0.25) is 0 Å². The van der Waals surface area contributed by atoms with Crippen LogP contribution in [0, 0.1) is 0 Å². The van der Waals surface area contributed by atoms with Gasteiger partial charge in [0.05, 0.1) is 18.8 Å². The summed E-state index contributed by atoms with van der Waals surface area (Å²) in [6.45, 7) is 7.77. The van der Waals surface area contributed by atoms with E-state index in [2.05, 4.69) is 11.1 Å². The maximum atomic E-state index is 12.5. The quantitative estimate of drug-likeness (QED) is 0.797. The van der Waals surface area contributed by atoms with Crippen molar-refractivity contribution in [2.24, 2.45) is 0 Å². The Bertz CT molecular complexity index is 435. The van der Waals surface area contributed by atoms with Crippen molar-refractivity contribution < 1.29 is 13.5 Å². The molecule has 0 spiro atoms. The molecule has 1 fully saturated rings. The van der Waals surface area contributed by atoms with Crippen LogP contribution in [-0.2, 0) is 17.7 Å². The molecule has 2 heterocycles. The number of ether oxygens (including phenoxy) is 1. The van der Waals surface area contributed by atoms with E-state index in [1.807, 2.05) is 26.8 Å². The molecule has 0 N–H and O–H groups in total. The Hall–Kier alpha value is -1.07. The summed E-state index contributed by atoms with van der Waals surface area (Å²) in [5.41, 5.74) is 3.08. The zero-order valence-corrected chi connectivity index (χ0v) is 14.1. The van der Waals surface area contributed by atoms with Gasteiger partial charge in [-0.1, -0.05) is 26.8 Å². The van der Waals surface area contributed by atoms with Crippen LogP contribution in [0.5, 0.6) is 0 Å². The maximum Gasteiger partial charge on any atom is 0.251 e. The first kappa shape index (κ1) is 19.0. The van der Waals surface area contributed by atoms with Crippen molar-refractivity contribution in [3.8, 4) is 0 Å². The molecule has 1 aromatic rings. The summed E-state index contributed by atoms with van der Waals surface area (Å²) in [7, 11) is 1.71. The van der Waals surface area contributed by atoms with E-state index >= 15 is 0 Å². The van der Waals surface area contributed by atoms with Gasteiger partial charge >= 0.3 is 0 Å². The van der Waals surface area contributed by atoms with E-state index < -0.39 is 6.43 Å². The second-order valence-electron chi connectivity index (χ2n) is 5.34. The molecule has 1 saturated heterocycles. The van der Waals surface area contributed by atoms with Gasteiger partial charge in [0.25, 0.3) is 6.43 Å². The molecule has 0 amide bonds. The summed E-state index contributed by atoms with van der Waals surface area (Å²) in [5, 5.41) is 0. The normalized spacial score (nSPS) is 17.7. The smallest absolute Gasteiger partial charge is 0.251 e. The van der Waals surface area contributed by atoms with Gasteiger partial charge in [0.2, 0.25) is 0 Å². The van der Waals surface area contributed by atoms with Crippen LogP contribution in [0.25, 0.3) is 0 Å². The molecule has 1 aliphatic heterocycles. The van der Waals surface area contributed by atoms with E-state index in [4.69, 9.17) is 4.74 Å². The van der Waals surface area contributed by atoms with Crippen molar-refractivity contribution >= 4 is 0 Å². The molecule has 0 saturated carbocycles. The summed E-state index contributed by atoms with van der Waals surface area (Å²) >= 11 is 0. The predicted molar refractivity (Wildman–Crippen MR) is 85.5 cm³/mol. The Kier molecular flexibility index (Phi) is 8.49. The van der Waals surface area contributed by atoms with Crippen LogP contribution >= 0.6 is 0 Å². The number of aryl methyl sites for hydroxylation is 1. The molecule has 1 aliphatic rings. The standard InChI is InChI=1S/C15H22F2N2O.C2H6/c1-3-12-4-5-13(11-6-7-20-10-11)14(18-12)8-19(2)9-15(16)17;1-2/h4-5,11,15H,3,6-10H2,1-2H3;1-2H3. The molecule has 0 bridgehead atoms. The molecule has 0 radical (unpaired) electrons. The first-order chi connectivity index (χ1) is 10.6. The third-order valence-electron chi connectivity index (χ3n) is 3.67. The van der Waals surface area contributed by atoms with Gasteiger partial charge < -0.3 is 4.74 Å². The number of hydrogen-bond acceptors (Lipinski definition) is 3. The molecule has 1 unspecified atom stereocenters. The van der Waals surface area contributed by atoms with Gasteiger partial charge in [-0.15, -0.1) is 0 Å². The lowest BCUT2D eigenvalue weighted by Gasteiger charge is -2.20. The fourth-order valence-electron chi connectivity index (χ4n) is 2.59. The van der Waals surface area contributed by atoms with E-state index in [1.54, 1.807) is 11.9 Å². The van der Waals surface area contributed by atoms with Crippen LogP contribution < -0.4 is 0 Å². The molecule has 5 heteroatoms. The average molecular weight is 314 g/mol. The minimum atomic E-state index is -2.31. The number of halogens is 2. The number of alkyl halides is 2. The Morgan fingerprint density at radius 2 is 2.09 bits per heavy atom. The molecular formula is C17H28F2N2O. The van der Waals surface area contributed by atoms with Gasteiger partial charge in [-0.2, -0.15) is 0 Å². The lowest BCUT2D eigenvalue weighted by atomic mass is 9.96. The summed E-state index contributed by atoms with van der Waals surface area (Å²) in [6.07, 6.45) is -0.473. The lowest BCUT2D eigenvalue weighted by Crippen LogP contribution is -2.25. The van der Waals surface area contributed by atoms with E-state index in [0.29, 0.717) is 19.1 Å². The Labute approximate surface area is 132 Å². The maximum absolute atomic E-state index is 12.5. The number of hydrogen-bond donors (Lipinski definition) is 0. The highest BCUT2D eigenvalue weighted by atomic mass is 19.3. The van der Waals surface area contributed by atoms with E-state index in [0.717, 1.165) is 36.4 Å². The zero-order chi connectivity index (χ0) is 16.5. The van der Waals surface area contributed by atoms with Gasteiger partial charge in [-0.05, 0) is 31.5 Å². The topological polar surface area (TPSA) is 25.4 Å². The van der Waals surface area contributed by atoms with Crippen molar-refractivity contribution in [3.63, 3.8) is 0 Å². The largest absolute Gasteiger partial charge is 0.381 e. The Morgan fingerprint density at radius 3 is 2.64 bits per heavy atom. The van der Waals surface area contributed by atoms with Crippen molar-refractivity contribution in [3.05, 3.63) is 29.1 Å². The molecule has 3 nitrogen and oxygen atoms in total. The number of pyridine rings is 1. The van der Waals surface area contributed by atoms with Gasteiger partial charge in [0.15, 0.2) is 0 Å². The highest BCUT2D eigenvalue weighted by Crippen LogP contribution is 2.28. The molecule has 1 aromatic heterocycles. The molecule has 0 aliphatic carbocycles. The predicted octanol–water partition coefficient (Wildman–Crippen LogP) is 3.87. The fourth-order valence-corrected chi connectivity index (χ4v) is 2.59. The molecular weight excluding hydrogens is 286 g/mol. The summed E-state index contributed by atoms with van der Waals surface area (Å²) < 4.78 is 30.3. The second-order valence-corrected chi connectivity index (χ2v) is 5.34. The SMILES string of the molecule is CC.CCc1ccc(C2CCOC2)c(CN(C)CC(F)F)n1. The van der Waals surface area contributed by atoms with Gasteiger partial charge in [0.1, 0.15) is 0 Å². The summed E-state index contributed by atoms with van der Waals surface area (Å²) in [5.74, 6) is 0.350. The van der Waals surface area contributed by atoms with Crippen molar-refractivity contribution in [1.82, 2.24) is 9.88 Å². The molecule has 0 aromatic carbocycles. The first-order valence-electron chi connectivity index (χ1n) is 8.13. The fraction of sp³-hybridized carbons (Fsp3) is 0.706. The van der Waals surface area contributed by atoms with Gasteiger partial charge in [0, 0.05) is 24.8 Å². The molecule has 1 atom stereocenters. The highest BCUT2D eigenvalue weighted by molar-refractivity contribution is 5.28. The van der Waals surface area contributed by atoms with E-state index in [1.165, 1.54) is 0 Å². The van der Waals surface area contributed by atoms with E-state index in [-0.39, 0.29) is 6.54 Å². The summed E-state index contributed by atoms with van der Waals surface area (Å²) in [4.78, 5) is 6.27. The van der Waals surface area contributed by atoms with Crippen molar-refractivity contribution in [1.29, 1.82) is 0 Å². The average Bonchev–Trinajstić information content (AvgIpc) is 3.02. The molecule has 2 rings (SSSR count). The van der Waals surface area contributed by atoms with Crippen LogP contribution in [0.4, 0.5) is 8.78 Å². The van der Waals surface area contributed by atoms with Crippen LogP contribution in [0.15, 0.2) is 12.1 Å². The highest BCUT2D eigenvalue weighted by Gasteiger charge is 2.22. The van der Waals surface area contributed by atoms with Crippen LogP contribution in [-0.4, -0.2) is 43.1 Å². The van der Waals surface area contributed by atoms with E-state index in [9.17, 15) is 8.78 Å². The Morgan fingerprint density at radius 1 is 1.36 bits per heavy atom. The number of aromatic nitrogens is 1. The minimum absolute atomic E-state index is 0.224. The first-order valence-corrected chi connectivity index (χ1v) is 8.13.